The fourth-order valence-corrected chi connectivity index (χ4v) is 1.86. The van der Waals surface area contributed by atoms with E-state index in [1.54, 1.807) is 0 Å². The van der Waals surface area contributed by atoms with Crippen LogP contribution in [-0.4, -0.2) is 6.04 Å². The summed E-state index contributed by atoms with van der Waals surface area (Å²) in [4.78, 5) is 0. The van der Waals surface area contributed by atoms with Crippen LogP contribution in [-0.2, 0) is 0 Å². The molecular weight excluding hydrogens is 136 g/mol. The van der Waals surface area contributed by atoms with E-state index in [9.17, 15) is 0 Å². The molecule has 0 amide bonds. The Morgan fingerprint density at radius 1 is 1.55 bits per heavy atom. The lowest BCUT2D eigenvalue weighted by atomic mass is 9.94. The molecule has 2 atom stereocenters. The molecule has 2 heteroatoms. The average molecular weight is 156 g/mol. The SMILES string of the molecule is CCCC(C)C(NN)C1CC1. The van der Waals surface area contributed by atoms with Crippen molar-refractivity contribution in [2.45, 2.75) is 45.6 Å². The second-order valence-electron chi connectivity index (χ2n) is 3.80. The normalized spacial score (nSPS) is 23.2. The summed E-state index contributed by atoms with van der Waals surface area (Å²) in [6.07, 6.45) is 5.32. The first-order chi connectivity index (χ1) is 5.29. The molecule has 1 saturated carbocycles. The van der Waals surface area contributed by atoms with Gasteiger partial charge in [0, 0.05) is 6.04 Å². The highest BCUT2D eigenvalue weighted by molar-refractivity contribution is 4.87. The summed E-state index contributed by atoms with van der Waals surface area (Å²) in [7, 11) is 0. The summed E-state index contributed by atoms with van der Waals surface area (Å²) in [5.74, 6) is 7.12. The van der Waals surface area contributed by atoms with Crippen LogP contribution < -0.4 is 11.3 Å². The predicted molar refractivity (Wildman–Crippen MR) is 47.9 cm³/mol. The third-order valence-electron chi connectivity index (χ3n) is 2.68. The van der Waals surface area contributed by atoms with Gasteiger partial charge in [0.15, 0.2) is 0 Å². The third kappa shape index (κ3) is 2.46. The van der Waals surface area contributed by atoms with Gasteiger partial charge in [-0.2, -0.15) is 0 Å². The van der Waals surface area contributed by atoms with Crippen LogP contribution in [0.5, 0.6) is 0 Å². The summed E-state index contributed by atoms with van der Waals surface area (Å²) >= 11 is 0. The van der Waals surface area contributed by atoms with E-state index in [1.165, 1.54) is 25.7 Å². The molecule has 0 spiro atoms. The predicted octanol–water partition coefficient (Wildman–Crippen LogP) is 1.66. The van der Waals surface area contributed by atoms with Crippen LogP contribution in [0.15, 0.2) is 0 Å². The van der Waals surface area contributed by atoms with E-state index in [0.29, 0.717) is 6.04 Å². The number of nitrogens with two attached hydrogens (primary N) is 1. The van der Waals surface area contributed by atoms with Crippen LogP contribution in [0.1, 0.15) is 39.5 Å². The number of nitrogens with one attached hydrogen (secondary N) is 1. The molecule has 0 radical (unpaired) electrons. The fraction of sp³-hybridized carbons (Fsp3) is 1.00. The van der Waals surface area contributed by atoms with Gasteiger partial charge >= 0.3 is 0 Å². The van der Waals surface area contributed by atoms with Gasteiger partial charge in [-0.25, -0.2) is 0 Å². The molecule has 0 aromatic heterocycles. The Balaban J connectivity index is 2.27. The van der Waals surface area contributed by atoms with Gasteiger partial charge in [-0.1, -0.05) is 20.3 Å². The molecule has 0 aliphatic heterocycles. The van der Waals surface area contributed by atoms with E-state index in [-0.39, 0.29) is 0 Å². The van der Waals surface area contributed by atoms with Crippen molar-refractivity contribution in [1.82, 2.24) is 5.43 Å². The molecule has 0 heterocycles. The average Bonchev–Trinajstić information content (AvgIpc) is 2.73. The number of hydrazine groups is 1. The van der Waals surface area contributed by atoms with Gasteiger partial charge in [0.2, 0.25) is 0 Å². The van der Waals surface area contributed by atoms with Crippen LogP contribution in [0.3, 0.4) is 0 Å². The zero-order valence-electron chi connectivity index (χ0n) is 7.64. The highest BCUT2D eigenvalue weighted by atomic mass is 15.2. The smallest absolute Gasteiger partial charge is 0.0264 e. The molecule has 11 heavy (non-hydrogen) atoms. The summed E-state index contributed by atoms with van der Waals surface area (Å²) in [5.41, 5.74) is 2.95. The summed E-state index contributed by atoms with van der Waals surface area (Å²) in [6, 6.07) is 0.579. The Bertz CT molecular complexity index is 110. The van der Waals surface area contributed by atoms with Crippen LogP contribution in [0, 0.1) is 11.8 Å². The maximum Gasteiger partial charge on any atom is 0.0264 e. The zero-order chi connectivity index (χ0) is 8.27. The molecule has 2 nitrogen and oxygen atoms in total. The summed E-state index contributed by atoms with van der Waals surface area (Å²) in [6.45, 7) is 4.53. The van der Waals surface area contributed by atoms with Crippen LogP contribution >= 0.6 is 0 Å². The molecule has 0 bridgehead atoms. The first kappa shape index (κ1) is 9.01. The van der Waals surface area contributed by atoms with Crippen molar-refractivity contribution in [3.8, 4) is 0 Å². The monoisotopic (exact) mass is 156 g/mol. The number of hydrogen-bond acceptors (Lipinski definition) is 2. The van der Waals surface area contributed by atoms with Gasteiger partial charge in [0.25, 0.3) is 0 Å². The molecule has 66 valence electrons. The standard InChI is InChI=1S/C9H20N2/c1-3-4-7(2)9(11-10)8-5-6-8/h7-9,11H,3-6,10H2,1-2H3. The minimum atomic E-state index is 0.579. The minimum Gasteiger partial charge on any atom is -0.271 e. The highest BCUT2D eigenvalue weighted by Gasteiger charge is 2.33. The van der Waals surface area contributed by atoms with Crippen LogP contribution in [0.2, 0.25) is 0 Å². The van der Waals surface area contributed by atoms with Gasteiger partial charge < -0.3 is 0 Å². The van der Waals surface area contributed by atoms with Gasteiger partial charge in [-0.15, -0.1) is 0 Å². The number of rotatable bonds is 5. The van der Waals surface area contributed by atoms with Gasteiger partial charge in [-0.05, 0) is 31.1 Å². The first-order valence-corrected chi connectivity index (χ1v) is 4.75. The Morgan fingerprint density at radius 2 is 2.18 bits per heavy atom. The quantitative estimate of drug-likeness (QED) is 0.469. The maximum absolute atomic E-state index is 5.49. The maximum atomic E-state index is 5.49. The molecule has 0 saturated heterocycles. The van der Waals surface area contributed by atoms with E-state index in [0.717, 1.165) is 11.8 Å². The molecule has 1 rings (SSSR count). The van der Waals surface area contributed by atoms with Gasteiger partial charge in [0.05, 0.1) is 0 Å². The largest absolute Gasteiger partial charge is 0.271 e. The number of hydrogen-bond donors (Lipinski definition) is 2. The van der Waals surface area contributed by atoms with Crippen molar-refractivity contribution in [3.05, 3.63) is 0 Å². The van der Waals surface area contributed by atoms with Crippen molar-refractivity contribution >= 4 is 0 Å². The second-order valence-corrected chi connectivity index (χ2v) is 3.80. The highest BCUT2D eigenvalue weighted by Crippen LogP contribution is 2.36. The minimum absolute atomic E-state index is 0.579. The molecule has 3 N–H and O–H groups in total. The lowest BCUT2D eigenvalue weighted by molar-refractivity contribution is 0.326. The van der Waals surface area contributed by atoms with Gasteiger partial charge in [-0.3, -0.25) is 11.3 Å². The molecule has 1 aliphatic rings. The molecule has 1 aliphatic carbocycles. The van der Waals surface area contributed by atoms with E-state index >= 15 is 0 Å². The summed E-state index contributed by atoms with van der Waals surface area (Å²) in [5, 5.41) is 0. The van der Waals surface area contributed by atoms with E-state index in [1.807, 2.05) is 0 Å². The van der Waals surface area contributed by atoms with Gasteiger partial charge in [0.1, 0.15) is 0 Å². The fourth-order valence-electron chi connectivity index (χ4n) is 1.86. The topological polar surface area (TPSA) is 38.0 Å². The third-order valence-corrected chi connectivity index (χ3v) is 2.68. The Morgan fingerprint density at radius 3 is 2.55 bits per heavy atom. The van der Waals surface area contributed by atoms with E-state index in [2.05, 4.69) is 19.3 Å². The van der Waals surface area contributed by atoms with Crippen LogP contribution in [0.4, 0.5) is 0 Å². The second kappa shape index (κ2) is 4.07. The Labute approximate surface area is 69.5 Å². The molecular formula is C9H20N2. The van der Waals surface area contributed by atoms with Crippen molar-refractivity contribution in [2.75, 3.05) is 0 Å². The van der Waals surface area contributed by atoms with Crippen LogP contribution in [0.25, 0.3) is 0 Å². The van der Waals surface area contributed by atoms with Crippen molar-refractivity contribution in [2.24, 2.45) is 17.7 Å². The van der Waals surface area contributed by atoms with E-state index in [4.69, 9.17) is 5.84 Å². The lowest BCUT2D eigenvalue weighted by Crippen LogP contribution is -2.41. The zero-order valence-corrected chi connectivity index (χ0v) is 7.64. The summed E-state index contributed by atoms with van der Waals surface area (Å²) < 4.78 is 0. The van der Waals surface area contributed by atoms with Crippen molar-refractivity contribution < 1.29 is 0 Å². The Kier molecular flexibility index (Phi) is 3.34. The molecule has 1 fully saturated rings. The van der Waals surface area contributed by atoms with Crippen molar-refractivity contribution in [1.29, 1.82) is 0 Å². The molecule has 2 unspecified atom stereocenters. The van der Waals surface area contributed by atoms with E-state index < -0.39 is 0 Å². The Hall–Kier alpha value is -0.0800. The molecule has 0 aromatic rings. The molecule has 0 aromatic carbocycles. The first-order valence-electron chi connectivity index (χ1n) is 4.75. The lowest BCUT2D eigenvalue weighted by Gasteiger charge is -2.22. The van der Waals surface area contributed by atoms with Crippen molar-refractivity contribution in [3.63, 3.8) is 0 Å².